The van der Waals surface area contributed by atoms with Crippen molar-refractivity contribution < 1.29 is 42.1 Å². The Hall–Kier alpha value is -0.990. The fourth-order valence-corrected chi connectivity index (χ4v) is 7.10. The number of hydrogen-bond donors (Lipinski definition) is 0. The van der Waals surface area contributed by atoms with Crippen LogP contribution in [0.15, 0.2) is 0 Å². The van der Waals surface area contributed by atoms with Crippen LogP contribution in [0.25, 0.3) is 0 Å². The van der Waals surface area contributed by atoms with Crippen molar-refractivity contribution in [3.05, 3.63) is 0 Å². The highest BCUT2D eigenvalue weighted by molar-refractivity contribution is 7.45. The third-order valence-electron chi connectivity index (χ3n) is 10.0. The van der Waals surface area contributed by atoms with Crippen LogP contribution in [0.2, 0.25) is 0 Å². The van der Waals surface area contributed by atoms with Crippen molar-refractivity contribution in [2.24, 2.45) is 5.92 Å². The molecule has 0 radical (unpaired) electrons. The number of likely N-dealkylation sites (N-methyl/N-ethyl adjacent to an activating group) is 1. The second-order valence-corrected chi connectivity index (χ2v) is 18.0. The van der Waals surface area contributed by atoms with E-state index in [0.717, 1.165) is 32.1 Å². The molecule has 9 nitrogen and oxygen atoms in total. The minimum absolute atomic E-state index is 0.0282. The van der Waals surface area contributed by atoms with Crippen molar-refractivity contribution in [1.82, 2.24) is 0 Å². The Morgan fingerprint density at radius 1 is 0.585 bits per heavy atom. The summed E-state index contributed by atoms with van der Waals surface area (Å²) in [5.41, 5.74) is 0. The van der Waals surface area contributed by atoms with E-state index in [4.69, 9.17) is 18.5 Å². The van der Waals surface area contributed by atoms with Gasteiger partial charge in [-0.25, -0.2) is 0 Å². The van der Waals surface area contributed by atoms with Crippen molar-refractivity contribution in [2.45, 2.75) is 213 Å². The number of carbonyl (C=O) groups excluding carboxylic acids is 2. The van der Waals surface area contributed by atoms with E-state index in [0.29, 0.717) is 17.4 Å². The molecule has 0 fully saturated rings. The van der Waals surface area contributed by atoms with Gasteiger partial charge in [-0.05, 0) is 12.8 Å². The zero-order chi connectivity index (χ0) is 39.5. The van der Waals surface area contributed by atoms with Gasteiger partial charge in [0.1, 0.15) is 19.8 Å². The van der Waals surface area contributed by atoms with Crippen LogP contribution in [0.1, 0.15) is 207 Å². The van der Waals surface area contributed by atoms with Gasteiger partial charge in [0.15, 0.2) is 6.10 Å². The summed E-state index contributed by atoms with van der Waals surface area (Å²) >= 11 is 0. The molecule has 0 saturated heterocycles. The molecule has 0 N–H and O–H groups in total. The van der Waals surface area contributed by atoms with E-state index in [1.165, 1.54) is 141 Å². The Morgan fingerprint density at radius 3 is 1.40 bits per heavy atom. The molecule has 0 amide bonds. The van der Waals surface area contributed by atoms with Crippen LogP contribution in [0.4, 0.5) is 0 Å². The lowest BCUT2D eigenvalue weighted by Gasteiger charge is -2.28. The number of quaternary nitrogens is 1. The van der Waals surface area contributed by atoms with E-state index in [2.05, 4.69) is 13.8 Å². The number of ether oxygens (including phenoxy) is 2. The van der Waals surface area contributed by atoms with Crippen molar-refractivity contribution in [1.29, 1.82) is 0 Å². The van der Waals surface area contributed by atoms with Gasteiger partial charge in [-0.2, -0.15) is 0 Å². The first-order chi connectivity index (χ1) is 25.4. The largest absolute Gasteiger partial charge is 0.756 e. The van der Waals surface area contributed by atoms with Crippen molar-refractivity contribution in [2.75, 3.05) is 47.5 Å². The Balaban J connectivity index is 4.45. The van der Waals surface area contributed by atoms with Gasteiger partial charge >= 0.3 is 11.9 Å². The zero-order valence-electron chi connectivity index (χ0n) is 35.6. The number of hydrogen-bond acceptors (Lipinski definition) is 8. The lowest BCUT2D eigenvalue weighted by Crippen LogP contribution is -2.37. The van der Waals surface area contributed by atoms with Gasteiger partial charge in [0.2, 0.25) is 0 Å². The molecule has 10 heteroatoms. The van der Waals surface area contributed by atoms with Crippen LogP contribution in [-0.2, 0) is 32.7 Å². The van der Waals surface area contributed by atoms with Crippen LogP contribution >= 0.6 is 7.82 Å². The Morgan fingerprint density at radius 2 is 0.981 bits per heavy atom. The highest BCUT2D eigenvalue weighted by Crippen LogP contribution is 2.38. The number of phosphoric acid groups is 1. The smallest absolute Gasteiger partial charge is 0.308 e. The molecular weight excluding hydrogens is 689 g/mol. The number of esters is 2. The average molecular weight is 776 g/mol. The molecule has 0 saturated carbocycles. The van der Waals surface area contributed by atoms with Crippen LogP contribution in [0.5, 0.6) is 0 Å². The molecule has 0 aliphatic carbocycles. The Bertz CT molecular complexity index is 896. The standard InChI is InChI=1S/C43H86NO8P/c1-7-9-11-13-15-17-19-21-22-23-25-27-29-31-33-35-42(45)52-41(39-51-53(47,48)50-37-36-44(4,5)6)38-49-43(46)40(3)34-32-30-28-26-24-20-18-16-14-12-10-8-2/h40-41H,7-39H2,1-6H3/t40?,41-/m1/s1. The highest BCUT2D eigenvalue weighted by Gasteiger charge is 2.23. The van der Waals surface area contributed by atoms with Crippen LogP contribution in [0.3, 0.4) is 0 Å². The summed E-state index contributed by atoms with van der Waals surface area (Å²) in [5, 5.41) is 0. The molecule has 0 heterocycles. The monoisotopic (exact) mass is 776 g/mol. The molecule has 0 aromatic carbocycles. The summed E-state index contributed by atoms with van der Waals surface area (Å²) in [6.45, 7) is 6.08. The number of phosphoric ester groups is 1. The number of rotatable bonds is 40. The number of carbonyl (C=O) groups is 2. The average Bonchev–Trinajstić information content (AvgIpc) is 3.10. The minimum Gasteiger partial charge on any atom is -0.756 e. The molecule has 0 aliphatic rings. The number of nitrogens with zero attached hydrogens (tertiary/aromatic N) is 1. The lowest BCUT2D eigenvalue weighted by atomic mass is 10.0. The molecular formula is C43H86NO8P. The predicted molar refractivity (Wildman–Crippen MR) is 218 cm³/mol. The van der Waals surface area contributed by atoms with Crippen molar-refractivity contribution in [3.8, 4) is 0 Å². The fourth-order valence-electron chi connectivity index (χ4n) is 6.37. The maximum atomic E-state index is 12.8. The van der Waals surface area contributed by atoms with Crippen LogP contribution in [-0.4, -0.2) is 70.0 Å². The molecule has 3 atom stereocenters. The van der Waals surface area contributed by atoms with E-state index >= 15 is 0 Å². The van der Waals surface area contributed by atoms with Gasteiger partial charge in [0.25, 0.3) is 7.82 Å². The molecule has 0 rings (SSSR count). The van der Waals surface area contributed by atoms with E-state index < -0.39 is 26.5 Å². The third-order valence-corrected chi connectivity index (χ3v) is 11.0. The van der Waals surface area contributed by atoms with Gasteiger partial charge in [0, 0.05) is 6.42 Å². The van der Waals surface area contributed by atoms with Crippen molar-refractivity contribution >= 4 is 19.8 Å². The number of unbranched alkanes of at least 4 members (excludes halogenated alkanes) is 25. The predicted octanol–water partition coefficient (Wildman–Crippen LogP) is 11.6. The van der Waals surface area contributed by atoms with Crippen LogP contribution in [0, 0.1) is 5.92 Å². The molecule has 0 bridgehead atoms. The third kappa shape index (κ3) is 37.7. The molecule has 316 valence electrons. The second kappa shape index (κ2) is 35.4. The SMILES string of the molecule is CCCCCCCCCCCCCCCCCC(=O)O[C@H](COC(=O)C(C)CCCCCCCCCCCCCC)COP(=O)([O-])OCC[N+](C)(C)C. The maximum absolute atomic E-state index is 12.8. The topological polar surface area (TPSA) is 111 Å². The van der Waals surface area contributed by atoms with Crippen molar-refractivity contribution in [3.63, 3.8) is 0 Å². The quantitative estimate of drug-likeness (QED) is 0.0262. The maximum Gasteiger partial charge on any atom is 0.308 e. The molecule has 0 aromatic rings. The summed E-state index contributed by atoms with van der Waals surface area (Å²) in [7, 11) is 1.17. The zero-order valence-corrected chi connectivity index (χ0v) is 36.5. The Kier molecular flexibility index (Phi) is 34.8. The van der Waals surface area contributed by atoms with Gasteiger partial charge in [-0.15, -0.1) is 0 Å². The first-order valence-corrected chi connectivity index (χ1v) is 23.6. The summed E-state index contributed by atoms with van der Waals surface area (Å²) < 4.78 is 34.1. The van der Waals surface area contributed by atoms with E-state index in [1.807, 2.05) is 28.1 Å². The summed E-state index contributed by atoms with van der Waals surface area (Å²) in [4.78, 5) is 37.9. The summed E-state index contributed by atoms with van der Waals surface area (Å²) in [6, 6.07) is 0. The summed E-state index contributed by atoms with van der Waals surface area (Å²) in [6.07, 6.45) is 33.6. The molecule has 53 heavy (non-hydrogen) atoms. The highest BCUT2D eigenvalue weighted by atomic mass is 31.2. The van der Waals surface area contributed by atoms with Gasteiger partial charge < -0.3 is 27.9 Å². The van der Waals surface area contributed by atoms with Gasteiger partial charge in [-0.3, -0.25) is 14.2 Å². The van der Waals surface area contributed by atoms with Gasteiger partial charge in [0.05, 0.1) is 33.7 Å². The normalized spacial score (nSPS) is 14.2. The van der Waals surface area contributed by atoms with E-state index in [-0.39, 0.29) is 31.5 Å². The minimum atomic E-state index is -4.62. The first kappa shape index (κ1) is 52.0. The van der Waals surface area contributed by atoms with E-state index in [1.54, 1.807) is 0 Å². The second-order valence-electron chi connectivity index (χ2n) is 16.6. The molecule has 0 spiro atoms. The van der Waals surface area contributed by atoms with E-state index in [9.17, 15) is 19.0 Å². The fraction of sp³-hybridized carbons (Fsp3) is 0.953. The molecule has 2 unspecified atom stereocenters. The summed E-state index contributed by atoms with van der Waals surface area (Å²) in [5.74, 6) is -1.11. The lowest BCUT2D eigenvalue weighted by molar-refractivity contribution is -0.870. The first-order valence-electron chi connectivity index (χ1n) is 22.2. The van der Waals surface area contributed by atoms with Gasteiger partial charge in [-0.1, -0.05) is 188 Å². The Labute approximate surface area is 327 Å². The van der Waals surface area contributed by atoms with Crippen LogP contribution < -0.4 is 4.89 Å². The molecule has 0 aromatic heterocycles. The molecule has 0 aliphatic heterocycles.